The van der Waals surface area contributed by atoms with E-state index in [0.29, 0.717) is 35.4 Å². The van der Waals surface area contributed by atoms with Gasteiger partial charge in [-0.1, -0.05) is 42.5 Å². The first-order valence-corrected chi connectivity index (χ1v) is 13.7. The van der Waals surface area contributed by atoms with Crippen LogP contribution >= 0.6 is 0 Å². The summed E-state index contributed by atoms with van der Waals surface area (Å²) in [5.41, 5.74) is 1.46. The Morgan fingerprint density at radius 2 is 1.62 bits per heavy atom. The smallest absolute Gasteiger partial charge is 0.303 e. The molecular formula is C27H29N5O6S. The van der Waals surface area contributed by atoms with E-state index < -0.39 is 21.2 Å². The van der Waals surface area contributed by atoms with Gasteiger partial charge in [0.05, 0.1) is 26.1 Å². The van der Waals surface area contributed by atoms with E-state index >= 15 is 0 Å². The van der Waals surface area contributed by atoms with Crippen LogP contribution in [-0.4, -0.2) is 60.1 Å². The van der Waals surface area contributed by atoms with Gasteiger partial charge < -0.3 is 14.2 Å². The lowest BCUT2D eigenvalue weighted by molar-refractivity contribution is 0.0969. The van der Waals surface area contributed by atoms with E-state index in [0.717, 1.165) is 5.56 Å². The lowest BCUT2D eigenvalue weighted by Crippen LogP contribution is -2.39. The molecule has 4 rings (SSSR count). The van der Waals surface area contributed by atoms with Crippen molar-refractivity contribution in [2.24, 2.45) is 0 Å². The van der Waals surface area contributed by atoms with E-state index in [1.165, 1.54) is 25.7 Å². The van der Waals surface area contributed by atoms with Crippen molar-refractivity contribution in [3.63, 3.8) is 0 Å². The van der Waals surface area contributed by atoms with Crippen LogP contribution in [0.1, 0.15) is 30.0 Å². The average molecular weight is 552 g/mol. The van der Waals surface area contributed by atoms with Crippen LogP contribution in [0.5, 0.6) is 17.4 Å². The molecule has 204 valence electrons. The van der Waals surface area contributed by atoms with Crippen molar-refractivity contribution in [2.75, 3.05) is 20.8 Å². The third-order valence-corrected chi connectivity index (χ3v) is 7.56. The Morgan fingerprint density at radius 1 is 0.949 bits per heavy atom. The van der Waals surface area contributed by atoms with Crippen molar-refractivity contribution in [3.05, 3.63) is 78.1 Å². The lowest BCUT2D eigenvalue weighted by atomic mass is 10.1. The number of rotatable bonds is 11. The van der Waals surface area contributed by atoms with Crippen molar-refractivity contribution in [1.82, 2.24) is 24.5 Å². The maximum Gasteiger partial charge on any atom is 0.303 e. The summed E-state index contributed by atoms with van der Waals surface area (Å²) in [6.45, 7) is 3.76. The molecule has 12 heteroatoms. The molecule has 0 saturated heterocycles. The van der Waals surface area contributed by atoms with E-state index in [-0.39, 0.29) is 18.1 Å². The zero-order valence-corrected chi connectivity index (χ0v) is 22.8. The molecule has 0 fully saturated rings. The molecule has 2 aromatic heterocycles. The predicted molar refractivity (Wildman–Crippen MR) is 145 cm³/mol. The van der Waals surface area contributed by atoms with Crippen LogP contribution in [0.2, 0.25) is 0 Å². The Labute approximate surface area is 226 Å². The molecule has 39 heavy (non-hydrogen) atoms. The summed E-state index contributed by atoms with van der Waals surface area (Å²) in [5.74, 6) is -0.0926. The fourth-order valence-electron chi connectivity index (χ4n) is 3.96. The minimum Gasteiger partial charge on any atom is -0.494 e. The predicted octanol–water partition coefficient (Wildman–Crippen LogP) is 3.44. The zero-order valence-electron chi connectivity index (χ0n) is 22.0. The molecule has 0 saturated carbocycles. The van der Waals surface area contributed by atoms with Gasteiger partial charge in [0.15, 0.2) is 5.82 Å². The van der Waals surface area contributed by atoms with Crippen molar-refractivity contribution in [2.45, 2.75) is 25.5 Å². The molecule has 0 radical (unpaired) electrons. The van der Waals surface area contributed by atoms with Crippen LogP contribution in [0.15, 0.2) is 66.7 Å². The molecule has 0 aliphatic heterocycles. The van der Waals surface area contributed by atoms with Crippen molar-refractivity contribution < 1.29 is 27.4 Å². The molecule has 4 aromatic rings. The number of amides is 1. The van der Waals surface area contributed by atoms with Crippen LogP contribution in [0.25, 0.3) is 17.2 Å². The number of benzene rings is 2. The molecular weight excluding hydrogens is 522 g/mol. The Hall–Kier alpha value is -4.45. The second-order valence-electron chi connectivity index (χ2n) is 8.46. The quantitative estimate of drug-likeness (QED) is 0.297. The standard InChI is InChI=1S/C27H29N5O6S/c1-5-38-23-16-9-13-20(28-23)25-29-30-26(32(25)24-21(36-3)14-10-15-22(24)37-4)27(33)31-39(34,35)18(2)17-19-11-7-6-8-12-19/h6-16,18H,5,17H2,1-4H3,(H,31,33). The SMILES string of the molecule is CCOc1cccc(-c2nnc(C(=O)NS(=O)(=O)C(C)Cc3ccccc3)n2-c2c(OC)cccc2OC)n1. The highest BCUT2D eigenvalue weighted by atomic mass is 32.2. The Balaban J connectivity index is 1.80. The van der Waals surface area contributed by atoms with Gasteiger partial charge in [-0.25, -0.2) is 18.1 Å². The number of pyridine rings is 1. The summed E-state index contributed by atoms with van der Waals surface area (Å²) < 4.78 is 46.4. The first-order valence-electron chi connectivity index (χ1n) is 12.2. The number of hydrogen-bond acceptors (Lipinski definition) is 9. The molecule has 0 spiro atoms. The number of methoxy groups -OCH3 is 2. The number of hydrogen-bond donors (Lipinski definition) is 1. The molecule has 1 unspecified atom stereocenters. The van der Waals surface area contributed by atoms with Crippen LogP contribution in [0, 0.1) is 0 Å². The van der Waals surface area contributed by atoms with Gasteiger partial charge in [0.25, 0.3) is 0 Å². The number of carbonyl (C=O) groups excluding carboxylic acids is 1. The van der Waals surface area contributed by atoms with Crippen LogP contribution < -0.4 is 18.9 Å². The monoisotopic (exact) mass is 551 g/mol. The van der Waals surface area contributed by atoms with E-state index in [1.807, 2.05) is 37.3 Å². The second-order valence-corrected chi connectivity index (χ2v) is 10.6. The van der Waals surface area contributed by atoms with Gasteiger partial charge in [0, 0.05) is 6.07 Å². The number of ether oxygens (including phenoxy) is 3. The Kier molecular flexibility index (Phi) is 8.45. The molecule has 2 heterocycles. The molecule has 1 atom stereocenters. The fraction of sp³-hybridized carbons (Fsp3) is 0.259. The van der Waals surface area contributed by atoms with E-state index in [9.17, 15) is 13.2 Å². The van der Waals surface area contributed by atoms with Gasteiger partial charge >= 0.3 is 5.91 Å². The topological polar surface area (TPSA) is 135 Å². The van der Waals surface area contributed by atoms with Gasteiger partial charge in [-0.15, -0.1) is 10.2 Å². The molecule has 0 aliphatic carbocycles. The summed E-state index contributed by atoms with van der Waals surface area (Å²) >= 11 is 0. The lowest BCUT2D eigenvalue weighted by Gasteiger charge is -2.18. The van der Waals surface area contributed by atoms with E-state index in [2.05, 4.69) is 19.9 Å². The van der Waals surface area contributed by atoms with Gasteiger partial charge in [0.1, 0.15) is 22.9 Å². The minimum atomic E-state index is -4.08. The molecule has 11 nitrogen and oxygen atoms in total. The number of para-hydroxylation sites is 1. The highest BCUT2D eigenvalue weighted by molar-refractivity contribution is 7.90. The molecule has 0 aliphatic rings. The summed E-state index contributed by atoms with van der Waals surface area (Å²) in [4.78, 5) is 18.0. The summed E-state index contributed by atoms with van der Waals surface area (Å²) in [6.07, 6.45) is 0.218. The summed E-state index contributed by atoms with van der Waals surface area (Å²) in [5, 5.41) is 7.38. The normalized spacial score (nSPS) is 12.0. The van der Waals surface area contributed by atoms with Crippen LogP contribution in [0.3, 0.4) is 0 Å². The third kappa shape index (κ3) is 6.01. The fourth-order valence-corrected chi connectivity index (χ4v) is 4.92. The number of sulfonamides is 1. The Bertz CT molecular complexity index is 1530. The maximum atomic E-state index is 13.5. The van der Waals surface area contributed by atoms with Gasteiger partial charge in [0.2, 0.25) is 21.7 Å². The average Bonchev–Trinajstić information content (AvgIpc) is 3.38. The molecule has 1 N–H and O–H groups in total. The largest absolute Gasteiger partial charge is 0.494 e. The van der Waals surface area contributed by atoms with E-state index in [4.69, 9.17) is 14.2 Å². The van der Waals surface area contributed by atoms with Gasteiger partial charge in [-0.3, -0.25) is 9.36 Å². The van der Waals surface area contributed by atoms with Gasteiger partial charge in [-0.05, 0) is 44.0 Å². The van der Waals surface area contributed by atoms with Crippen molar-refractivity contribution in [3.8, 4) is 34.6 Å². The zero-order chi connectivity index (χ0) is 28.0. The van der Waals surface area contributed by atoms with Gasteiger partial charge in [-0.2, -0.15) is 0 Å². The summed E-state index contributed by atoms with van der Waals surface area (Å²) in [7, 11) is -1.16. The number of carbonyl (C=O) groups is 1. The first-order chi connectivity index (χ1) is 18.8. The number of aromatic nitrogens is 4. The number of nitrogens with zero attached hydrogens (tertiary/aromatic N) is 4. The Morgan fingerprint density at radius 3 is 2.26 bits per heavy atom. The highest BCUT2D eigenvalue weighted by Gasteiger charge is 2.31. The maximum absolute atomic E-state index is 13.5. The van der Waals surface area contributed by atoms with E-state index in [1.54, 1.807) is 36.4 Å². The summed E-state index contributed by atoms with van der Waals surface area (Å²) in [6, 6.07) is 19.3. The minimum absolute atomic E-state index is 0.152. The second kappa shape index (κ2) is 11.9. The molecule has 0 bridgehead atoms. The first kappa shape index (κ1) is 27.6. The van der Waals surface area contributed by atoms with Crippen LogP contribution in [-0.2, 0) is 16.4 Å². The third-order valence-electron chi connectivity index (χ3n) is 5.87. The van der Waals surface area contributed by atoms with Crippen LogP contribution in [0.4, 0.5) is 0 Å². The van der Waals surface area contributed by atoms with Crippen molar-refractivity contribution in [1.29, 1.82) is 0 Å². The molecule has 1 amide bonds. The van der Waals surface area contributed by atoms with Crippen molar-refractivity contribution >= 4 is 15.9 Å². The highest BCUT2D eigenvalue weighted by Crippen LogP contribution is 2.36. The number of nitrogens with one attached hydrogen (secondary N) is 1. The molecule has 2 aromatic carbocycles.